The van der Waals surface area contributed by atoms with Crippen LogP contribution >= 0.6 is 0 Å². The number of hydrogen-bond acceptors (Lipinski definition) is 5. The third-order valence-corrected chi connectivity index (χ3v) is 5.54. The maximum atomic E-state index is 13.2. The van der Waals surface area contributed by atoms with Crippen LogP contribution in [0.3, 0.4) is 0 Å². The summed E-state index contributed by atoms with van der Waals surface area (Å²) in [5.41, 5.74) is 4.63. The molecule has 0 saturated carbocycles. The zero-order valence-corrected chi connectivity index (χ0v) is 22.3. The summed E-state index contributed by atoms with van der Waals surface area (Å²) in [6, 6.07) is 25.1. The molecule has 1 N–H and O–H groups in total. The van der Waals surface area contributed by atoms with Gasteiger partial charge < -0.3 is 18.9 Å². The number of furan rings is 2. The van der Waals surface area contributed by atoms with Crippen molar-refractivity contribution in [2.24, 2.45) is 0 Å². The van der Waals surface area contributed by atoms with Crippen LogP contribution in [0.25, 0.3) is 55.5 Å². The van der Waals surface area contributed by atoms with Gasteiger partial charge in [0.2, 0.25) is 0 Å². The molecular weight excluding hydrogens is 650 g/mol. The van der Waals surface area contributed by atoms with E-state index in [1.807, 2.05) is 48.5 Å². The maximum Gasteiger partial charge on any atom is 0.155 e. The van der Waals surface area contributed by atoms with Crippen LogP contribution in [0.5, 0.6) is 0 Å². The van der Waals surface area contributed by atoms with Gasteiger partial charge in [0.25, 0.3) is 0 Å². The van der Waals surface area contributed by atoms with E-state index in [0.29, 0.717) is 11.3 Å². The van der Waals surface area contributed by atoms with Crippen LogP contribution in [0.4, 0.5) is 4.39 Å². The molecule has 3 aromatic heterocycles. The number of aromatic nitrogens is 1. The summed E-state index contributed by atoms with van der Waals surface area (Å²) in [5, 5.41) is 11.3. The fourth-order valence-electron chi connectivity index (χ4n) is 4.00. The molecular formula is C30H21FIrNO4-. The molecule has 0 aliphatic carbocycles. The van der Waals surface area contributed by atoms with E-state index in [0.717, 1.165) is 44.1 Å². The quantitative estimate of drug-likeness (QED) is 0.117. The number of carbonyl (C=O) groups excluding carboxylic acids is 1. The monoisotopic (exact) mass is 671 g/mol. The van der Waals surface area contributed by atoms with Crippen LogP contribution in [-0.2, 0) is 24.9 Å². The van der Waals surface area contributed by atoms with Crippen molar-refractivity contribution in [3.05, 3.63) is 103 Å². The third kappa shape index (κ3) is 5.53. The molecule has 3 aromatic carbocycles. The SMILES string of the molecule is CC(=O)/C=C(/C)O.Fc1ccc(-c2cc3cnc(-c4[c-]ccc5c4oc4ccccc45)cc3o2)cc1.[Ir]. The van der Waals surface area contributed by atoms with Crippen molar-refractivity contribution in [1.29, 1.82) is 0 Å². The summed E-state index contributed by atoms with van der Waals surface area (Å²) in [6.45, 7) is 2.85. The average molecular weight is 671 g/mol. The second kappa shape index (κ2) is 10.9. The Kier molecular flexibility index (Phi) is 7.67. The standard InChI is InChI=1S/C25H13FNO2.C5H8O2.Ir/c26-17-10-8-15(9-11-17)23-12-16-14-27-21(13-24(16)28-23)20-6-3-5-19-18-4-1-2-7-22(18)29-25(19)20;1-4(6)3-5(2)7;/h1-5,7-14H;3,6H,1-2H3;/q-1;;/b;4-3-;. The Morgan fingerprint density at radius 1 is 0.973 bits per heavy atom. The molecule has 0 spiro atoms. The molecule has 0 amide bonds. The van der Waals surface area contributed by atoms with Gasteiger partial charge in [-0.3, -0.25) is 4.79 Å². The Morgan fingerprint density at radius 2 is 1.73 bits per heavy atom. The Labute approximate surface area is 225 Å². The molecule has 0 aliphatic heterocycles. The van der Waals surface area contributed by atoms with Gasteiger partial charge >= 0.3 is 0 Å². The van der Waals surface area contributed by atoms with Gasteiger partial charge in [-0.15, -0.1) is 18.2 Å². The second-order valence-corrected chi connectivity index (χ2v) is 8.31. The number of aliphatic hydroxyl groups excluding tert-OH is 1. The molecule has 0 saturated heterocycles. The number of benzene rings is 3. The molecule has 5 nitrogen and oxygen atoms in total. The van der Waals surface area contributed by atoms with E-state index in [-0.39, 0.29) is 37.5 Å². The van der Waals surface area contributed by atoms with Gasteiger partial charge in [0.05, 0.1) is 11.3 Å². The van der Waals surface area contributed by atoms with Crippen molar-refractivity contribution >= 4 is 38.7 Å². The summed E-state index contributed by atoms with van der Waals surface area (Å²) in [7, 11) is 0. The molecule has 0 bridgehead atoms. The van der Waals surface area contributed by atoms with Crippen LogP contribution in [-0.4, -0.2) is 15.9 Å². The molecule has 1 radical (unpaired) electrons. The van der Waals surface area contributed by atoms with Gasteiger partial charge in [0, 0.05) is 48.7 Å². The zero-order chi connectivity index (χ0) is 25.2. The van der Waals surface area contributed by atoms with Crippen LogP contribution in [0.2, 0.25) is 0 Å². The van der Waals surface area contributed by atoms with Crippen molar-refractivity contribution in [1.82, 2.24) is 4.98 Å². The number of halogens is 1. The van der Waals surface area contributed by atoms with Crippen molar-refractivity contribution in [3.63, 3.8) is 0 Å². The van der Waals surface area contributed by atoms with E-state index in [4.69, 9.17) is 13.9 Å². The summed E-state index contributed by atoms with van der Waals surface area (Å²) >= 11 is 0. The molecule has 0 fully saturated rings. The number of hydrogen-bond donors (Lipinski definition) is 1. The van der Waals surface area contributed by atoms with Gasteiger partial charge in [-0.2, -0.15) is 0 Å². The predicted octanol–water partition coefficient (Wildman–Crippen LogP) is 8.04. The van der Waals surface area contributed by atoms with Gasteiger partial charge in [-0.25, -0.2) is 4.39 Å². The fourth-order valence-corrected chi connectivity index (χ4v) is 4.00. The molecule has 0 aliphatic rings. The Hall–Kier alpha value is -4.06. The van der Waals surface area contributed by atoms with Crippen molar-refractivity contribution in [3.8, 4) is 22.6 Å². The summed E-state index contributed by atoms with van der Waals surface area (Å²) in [6.07, 6.45) is 2.94. The first-order valence-corrected chi connectivity index (χ1v) is 11.2. The Bertz CT molecular complexity index is 1750. The molecule has 6 rings (SSSR count). The minimum Gasteiger partial charge on any atom is -0.512 e. The first-order valence-electron chi connectivity index (χ1n) is 11.2. The molecule has 187 valence electrons. The number of nitrogens with zero attached hydrogens (tertiary/aromatic N) is 1. The van der Waals surface area contributed by atoms with Gasteiger partial charge in [-0.05, 0) is 62.0 Å². The third-order valence-electron chi connectivity index (χ3n) is 5.54. The number of allylic oxidation sites excluding steroid dienone is 2. The Morgan fingerprint density at radius 3 is 2.43 bits per heavy atom. The number of aliphatic hydroxyl groups is 1. The molecule has 7 heteroatoms. The molecule has 0 unspecified atom stereocenters. The van der Waals surface area contributed by atoms with Gasteiger partial charge in [0.1, 0.15) is 22.7 Å². The summed E-state index contributed by atoms with van der Waals surface area (Å²) < 4.78 is 25.3. The molecule has 6 aromatic rings. The van der Waals surface area contributed by atoms with Gasteiger partial charge in [0.15, 0.2) is 5.78 Å². The first kappa shape index (κ1) is 26.0. The van der Waals surface area contributed by atoms with Crippen LogP contribution in [0, 0.1) is 11.9 Å². The van der Waals surface area contributed by atoms with Crippen molar-refractivity contribution in [2.45, 2.75) is 13.8 Å². The number of carbonyl (C=O) groups is 1. The smallest absolute Gasteiger partial charge is 0.155 e. The topological polar surface area (TPSA) is 76.5 Å². The zero-order valence-electron chi connectivity index (χ0n) is 19.9. The molecule has 0 atom stereocenters. The first-order chi connectivity index (χ1) is 17.4. The van der Waals surface area contributed by atoms with E-state index < -0.39 is 0 Å². The maximum absolute atomic E-state index is 13.2. The largest absolute Gasteiger partial charge is 0.512 e. The van der Waals surface area contributed by atoms with Crippen molar-refractivity contribution < 1.29 is 43.2 Å². The average Bonchev–Trinajstić information content (AvgIpc) is 3.45. The van der Waals surface area contributed by atoms with E-state index in [2.05, 4.69) is 11.1 Å². The number of ketones is 1. The van der Waals surface area contributed by atoms with E-state index in [1.54, 1.807) is 18.3 Å². The minimum atomic E-state index is -0.275. The summed E-state index contributed by atoms with van der Waals surface area (Å²) in [4.78, 5) is 14.6. The minimum absolute atomic E-state index is 0. The molecule has 37 heavy (non-hydrogen) atoms. The van der Waals surface area contributed by atoms with Crippen LogP contribution < -0.4 is 0 Å². The number of para-hydroxylation sites is 1. The number of rotatable bonds is 3. The van der Waals surface area contributed by atoms with E-state index in [1.165, 1.54) is 32.1 Å². The fraction of sp³-hybridized carbons (Fsp3) is 0.0667. The van der Waals surface area contributed by atoms with Crippen molar-refractivity contribution in [2.75, 3.05) is 0 Å². The van der Waals surface area contributed by atoms with E-state index >= 15 is 0 Å². The second-order valence-electron chi connectivity index (χ2n) is 8.31. The number of fused-ring (bicyclic) bond motifs is 4. The predicted molar refractivity (Wildman–Crippen MR) is 138 cm³/mol. The normalized spacial score (nSPS) is 11.3. The van der Waals surface area contributed by atoms with Crippen LogP contribution in [0.1, 0.15) is 13.8 Å². The van der Waals surface area contributed by atoms with Gasteiger partial charge in [-0.1, -0.05) is 29.1 Å². The number of pyridine rings is 1. The summed E-state index contributed by atoms with van der Waals surface area (Å²) in [5.74, 6) is 0.334. The van der Waals surface area contributed by atoms with E-state index in [9.17, 15) is 9.18 Å². The van der Waals surface area contributed by atoms with Crippen LogP contribution in [0.15, 0.2) is 99.7 Å². The molecule has 3 heterocycles. The Balaban J connectivity index is 0.000000356.